The zero-order chi connectivity index (χ0) is 15.2. The minimum atomic E-state index is -3.13. The molecule has 0 aliphatic heterocycles. The summed E-state index contributed by atoms with van der Waals surface area (Å²) in [5, 5.41) is 0. The molecule has 0 saturated heterocycles. The first kappa shape index (κ1) is 65.9. The van der Waals surface area contributed by atoms with E-state index in [4.69, 9.17) is 47.9 Å². The summed E-state index contributed by atoms with van der Waals surface area (Å²) in [6.45, 7) is 18.0. The third-order valence-corrected chi connectivity index (χ3v) is 0. The molecule has 0 aromatic rings. The SMILES string of the molecule is O=[PH](O)O.O=[PH](O)O.[C]=O.[C]=O.[C]=O.[C]=O.[NaH].[NaH].[NaH].[NaH]. The van der Waals surface area contributed by atoms with Gasteiger partial charge in [0.1, 0.15) is 0 Å². The predicted molar refractivity (Wildman–Crippen MR) is 78.2 cm³/mol. The minimum absolute atomic E-state index is 0. The molecule has 0 heterocycles. The molecule has 0 aromatic heterocycles. The molecule has 0 unspecified atom stereocenters. The second-order valence-electron chi connectivity index (χ2n) is 0.565. The topological polar surface area (TPSA) is 183 Å². The van der Waals surface area contributed by atoms with E-state index in [0.29, 0.717) is 0 Å². The van der Waals surface area contributed by atoms with Crippen molar-refractivity contribution in [2.45, 2.75) is 0 Å². The van der Waals surface area contributed by atoms with Crippen molar-refractivity contribution in [2.24, 2.45) is 0 Å². The summed E-state index contributed by atoms with van der Waals surface area (Å²) in [6, 6.07) is 0. The van der Waals surface area contributed by atoms with Gasteiger partial charge in [0.15, 0.2) is 0 Å². The average molecular weight is 372 g/mol. The van der Waals surface area contributed by atoms with Crippen LogP contribution in [0.2, 0.25) is 0 Å². The van der Waals surface area contributed by atoms with Gasteiger partial charge in [0.05, 0.1) is 0 Å². The molecule has 4 N–H and O–H groups in total. The van der Waals surface area contributed by atoms with Gasteiger partial charge in [0.25, 0.3) is 27.2 Å². The quantitative estimate of drug-likeness (QED) is 0.236. The van der Waals surface area contributed by atoms with Gasteiger partial charge in [-0.25, -0.2) is 0 Å². The molecular formula is C4H10Na4O10P2. The van der Waals surface area contributed by atoms with Crippen LogP contribution in [0.15, 0.2) is 0 Å². The third-order valence-electron chi connectivity index (χ3n) is 0. The Labute approximate surface area is 206 Å². The van der Waals surface area contributed by atoms with Gasteiger partial charge in [0.2, 0.25) is 0 Å². The monoisotopic (exact) mass is 372 g/mol. The van der Waals surface area contributed by atoms with Crippen LogP contribution in [0.3, 0.4) is 0 Å². The van der Waals surface area contributed by atoms with E-state index in [-0.39, 0.29) is 118 Å². The van der Waals surface area contributed by atoms with E-state index in [1.54, 1.807) is 0 Å². The second-order valence-corrected chi connectivity index (χ2v) is 1.70. The Kier molecular flexibility index (Phi) is 395. The summed E-state index contributed by atoms with van der Waals surface area (Å²) in [6.07, 6.45) is 0. The summed E-state index contributed by atoms with van der Waals surface area (Å²) in [4.78, 5) is 58.6. The Morgan fingerprint density at radius 2 is 0.450 bits per heavy atom. The molecule has 10 nitrogen and oxygen atoms in total. The van der Waals surface area contributed by atoms with Crippen LogP contribution in [-0.2, 0) is 28.3 Å². The van der Waals surface area contributed by atoms with Crippen molar-refractivity contribution in [2.75, 3.05) is 0 Å². The molecule has 100 valence electrons. The zero-order valence-electron chi connectivity index (χ0n) is 7.24. The normalized spacial score (nSPS) is 4.30. The van der Waals surface area contributed by atoms with E-state index in [0.717, 1.165) is 0 Å². The van der Waals surface area contributed by atoms with Crippen molar-refractivity contribution in [1.29, 1.82) is 0 Å². The molecule has 8 radical (unpaired) electrons. The molecule has 0 spiro atoms. The molecule has 16 heteroatoms. The van der Waals surface area contributed by atoms with E-state index >= 15 is 0 Å². The van der Waals surface area contributed by atoms with Gasteiger partial charge in [0, 0.05) is 0 Å². The Morgan fingerprint density at radius 1 is 0.450 bits per heavy atom. The Hall–Kier alpha value is 2.98. The second kappa shape index (κ2) is 120. The Balaban J connectivity index is -0.00000000747. The van der Waals surface area contributed by atoms with Crippen molar-refractivity contribution in [3.8, 4) is 0 Å². The van der Waals surface area contributed by atoms with Crippen LogP contribution in [0.1, 0.15) is 0 Å². The fraction of sp³-hybridized carbons (Fsp3) is 0. The van der Waals surface area contributed by atoms with Crippen molar-refractivity contribution in [3.05, 3.63) is 0 Å². The number of carbonyl (C=O) groups excluding carboxylic acids is 4. The van der Waals surface area contributed by atoms with Crippen LogP contribution < -0.4 is 0 Å². The van der Waals surface area contributed by atoms with Gasteiger partial charge >= 0.3 is 135 Å². The first-order valence-electron chi connectivity index (χ1n) is 2.12. The van der Waals surface area contributed by atoms with Crippen molar-refractivity contribution in [3.63, 3.8) is 0 Å². The van der Waals surface area contributed by atoms with Gasteiger partial charge in [-0.15, -0.1) is 0 Å². The fourth-order valence-corrected chi connectivity index (χ4v) is 0. The van der Waals surface area contributed by atoms with Crippen molar-refractivity contribution < 1.29 is 47.9 Å². The van der Waals surface area contributed by atoms with Crippen LogP contribution in [0, 0.1) is 0 Å². The molecule has 0 aliphatic rings. The van der Waals surface area contributed by atoms with Gasteiger partial charge < -0.3 is 19.6 Å². The van der Waals surface area contributed by atoms with E-state index < -0.39 is 16.5 Å². The van der Waals surface area contributed by atoms with Crippen molar-refractivity contribution >= 4 is 162 Å². The molecule has 0 fully saturated rings. The number of hydrogen-bond acceptors (Lipinski definition) is 6. The molecule has 0 rings (SSSR count). The average Bonchev–Trinajstić information content (AvgIpc) is 2.27. The molecule has 0 aliphatic carbocycles. The molecule has 0 aromatic carbocycles. The number of hydrogen-bond donors (Lipinski definition) is 4. The summed E-state index contributed by atoms with van der Waals surface area (Å²) < 4.78 is 17.5. The van der Waals surface area contributed by atoms with Crippen LogP contribution in [0.5, 0.6) is 0 Å². The van der Waals surface area contributed by atoms with Crippen LogP contribution in [0.25, 0.3) is 0 Å². The van der Waals surface area contributed by atoms with E-state index in [1.807, 2.05) is 0 Å². The standard InChI is InChI=1S/4CO.4Na.2H3O3P.4H/c4*1-2;;;;;2*1-4(2)3;;;;/h;;;;;;;;2*4H,(H2,1,2,3);;;;. The van der Waals surface area contributed by atoms with Gasteiger partial charge in [-0.3, -0.25) is 28.3 Å². The van der Waals surface area contributed by atoms with E-state index in [9.17, 15) is 0 Å². The van der Waals surface area contributed by atoms with Gasteiger partial charge in [-0.2, -0.15) is 0 Å². The molecule has 0 atom stereocenters. The van der Waals surface area contributed by atoms with Crippen molar-refractivity contribution in [1.82, 2.24) is 0 Å². The van der Waals surface area contributed by atoms with Crippen LogP contribution >= 0.6 is 16.5 Å². The summed E-state index contributed by atoms with van der Waals surface area (Å²) >= 11 is 0. The molecule has 0 saturated carbocycles. The van der Waals surface area contributed by atoms with E-state index in [1.165, 1.54) is 0 Å². The van der Waals surface area contributed by atoms with Crippen LogP contribution in [-0.4, -0.2) is 165 Å². The van der Waals surface area contributed by atoms with Gasteiger partial charge in [-0.05, 0) is 0 Å². The third kappa shape index (κ3) is 943. The fourth-order valence-electron chi connectivity index (χ4n) is 0. The summed E-state index contributed by atoms with van der Waals surface area (Å²) in [7, 11) is -6.26. The first-order chi connectivity index (χ1) is 7.46. The van der Waals surface area contributed by atoms with E-state index in [2.05, 4.69) is 27.2 Å². The summed E-state index contributed by atoms with van der Waals surface area (Å²) in [5.74, 6) is 0. The molecule has 0 bridgehead atoms. The van der Waals surface area contributed by atoms with Crippen LogP contribution in [0.4, 0.5) is 0 Å². The summed E-state index contributed by atoms with van der Waals surface area (Å²) in [5.41, 5.74) is 0. The number of rotatable bonds is 0. The molecular weight excluding hydrogens is 362 g/mol. The van der Waals surface area contributed by atoms with Gasteiger partial charge in [-0.1, -0.05) is 0 Å². The Bertz CT molecular complexity index is 127. The predicted octanol–water partition coefficient (Wildman–Crippen LogP) is -5.46. The maximum atomic E-state index is 8.74. The zero-order valence-corrected chi connectivity index (χ0v) is 9.24. The maximum absolute atomic E-state index is 8.74. The first-order valence-corrected chi connectivity index (χ1v) is 4.72. The molecule has 0 amide bonds. The molecule has 20 heavy (non-hydrogen) atoms. The Morgan fingerprint density at radius 3 is 0.450 bits per heavy atom.